The maximum Gasteiger partial charge on any atom is 0.169 e. The molecule has 0 saturated heterocycles. The highest BCUT2D eigenvalue weighted by molar-refractivity contribution is 9.10. The maximum absolute atomic E-state index is 5.65. The molecule has 18 heavy (non-hydrogen) atoms. The SMILES string of the molecule is CCCNC(c1ccc(Br)o1)c1cnnn1CC. The van der Waals surface area contributed by atoms with E-state index in [9.17, 15) is 0 Å². The van der Waals surface area contributed by atoms with Crippen molar-refractivity contribution in [3.8, 4) is 0 Å². The van der Waals surface area contributed by atoms with E-state index in [1.807, 2.05) is 23.7 Å². The van der Waals surface area contributed by atoms with Gasteiger partial charge in [-0.1, -0.05) is 12.1 Å². The highest BCUT2D eigenvalue weighted by atomic mass is 79.9. The van der Waals surface area contributed by atoms with E-state index in [0.29, 0.717) is 0 Å². The van der Waals surface area contributed by atoms with Crippen molar-refractivity contribution < 1.29 is 4.42 Å². The van der Waals surface area contributed by atoms with Gasteiger partial charge in [0.2, 0.25) is 0 Å². The molecule has 0 aliphatic carbocycles. The summed E-state index contributed by atoms with van der Waals surface area (Å²) in [7, 11) is 0. The monoisotopic (exact) mass is 312 g/mol. The molecule has 0 bridgehead atoms. The van der Waals surface area contributed by atoms with Gasteiger partial charge in [0.15, 0.2) is 4.67 Å². The molecule has 98 valence electrons. The Morgan fingerprint density at radius 2 is 2.28 bits per heavy atom. The molecule has 6 heteroatoms. The minimum atomic E-state index is -0.00815. The van der Waals surface area contributed by atoms with Crippen LogP contribution in [-0.4, -0.2) is 21.5 Å². The largest absolute Gasteiger partial charge is 0.452 e. The highest BCUT2D eigenvalue weighted by Gasteiger charge is 2.21. The van der Waals surface area contributed by atoms with E-state index in [1.165, 1.54) is 0 Å². The van der Waals surface area contributed by atoms with Gasteiger partial charge < -0.3 is 9.73 Å². The van der Waals surface area contributed by atoms with Crippen LogP contribution < -0.4 is 5.32 Å². The van der Waals surface area contributed by atoms with Crippen molar-refractivity contribution in [2.45, 2.75) is 32.9 Å². The van der Waals surface area contributed by atoms with Crippen LogP contribution in [0, 0.1) is 0 Å². The van der Waals surface area contributed by atoms with Gasteiger partial charge in [0, 0.05) is 6.54 Å². The molecular weight excluding hydrogens is 296 g/mol. The lowest BCUT2D eigenvalue weighted by atomic mass is 10.1. The smallest absolute Gasteiger partial charge is 0.169 e. The van der Waals surface area contributed by atoms with Gasteiger partial charge in [0.1, 0.15) is 11.8 Å². The molecule has 0 aromatic carbocycles. The second-order valence-electron chi connectivity index (χ2n) is 4.00. The van der Waals surface area contributed by atoms with Gasteiger partial charge in [-0.3, -0.25) is 0 Å². The predicted octanol–water partition coefficient (Wildman–Crippen LogP) is 2.74. The number of hydrogen-bond donors (Lipinski definition) is 1. The van der Waals surface area contributed by atoms with E-state index < -0.39 is 0 Å². The lowest BCUT2D eigenvalue weighted by Gasteiger charge is -2.16. The quantitative estimate of drug-likeness (QED) is 0.891. The summed E-state index contributed by atoms with van der Waals surface area (Å²) in [5, 5.41) is 11.5. The van der Waals surface area contributed by atoms with Crippen molar-refractivity contribution in [3.63, 3.8) is 0 Å². The minimum absolute atomic E-state index is 0.00815. The standard InChI is InChI=1S/C12H17BrN4O/c1-3-7-14-12(10-5-6-11(13)18-10)9-8-15-16-17(9)4-2/h5-6,8,12,14H,3-4,7H2,1-2H3. The molecule has 0 spiro atoms. The van der Waals surface area contributed by atoms with E-state index in [0.717, 1.165) is 35.6 Å². The number of aryl methyl sites for hydroxylation is 1. The highest BCUT2D eigenvalue weighted by Crippen LogP contribution is 2.25. The molecule has 5 nitrogen and oxygen atoms in total. The van der Waals surface area contributed by atoms with Crippen molar-refractivity contribution in [1.82, 2.24) is 20.3 Å². The number of halogens is 1. The van der Waals surface area contributed by atoms with Gasteiger partial charge in [-0.15, -0.1) is 5.10 Å². The van der Waals surface area contributed by atoms with E-state index in [-0.39, 0.29) is 6.04 Å². The number of hydrogen-bond acceptors (Lipinski definition) is 4. The average molecular weight is 313 g/mol. The van der Waals surface area contributed by atoms with E-state index >= 15 is 0 Å². The Labute approximate surface area is 115 Å². The Balaban J connectivity index is 2.30. The fraction of sp³-hybridized carbons (Fsp3) is 0.500. The first-order chi connectivity index (χ1) is 8.76. The molecule has 1 unspecified atom stereocenters. The van der Waals surface area contributed by atoms with Crippen molar-refractivity contribution in [3.05, 3.63) is 34.5 Å². The lowest BCUT2D eigenvalue weighted by Crippen LogP contribution is -2.25. The van der Waals surface area contributed by atoms with E-state index in [4.69, 9.17) is 4.42 Å². The van der Waals surface area contributed by atoms with Crippen molar-refractivity contribution in [2.24, 2.45) is 0 Å². The van der Waals surface area contributed by atoms with Crippen LogP contribution in [0.5, 0.6) is 0 Å². The summed E-state index contributed by atoms with van der Waals surface area (Å²) >= 11 is 3.34. The molecule has 1 atom stereocenters. The molecule has 0 aliphatic heterocycles. The van der Waals surface area contributed by atoms with E-state index in [1.54, 1.807) is 6.20 Å². The number of nitrogens with zero attached hydrogens (tertiary/aromatic N) is 3. The van der Waals surface area contributed by atoms with Crippen molar-refractivity contribution in [2.75, 3.05) is 6.54 Å². The summed E-state index contributed by atoms with van der Waals surface area (Å²) in [6.07, 6.45) is 2.85. The summed E-state index contributed by atoms with van der Waals surface area (Å²) in [6.45, 7) is 5.89. The molecule has 2 aromatic heterocycles. The third-order valence-electron chi connectivity index (χ3n) is 2.72. The third-order valence-corrected chi connectivity index (χ3v) is 3.15. The first-order valence-corrected chi connectivity index (χ1v) is 6.92. The summed E-state index contributed by atoms with van der Waals surface area (Å²) in [5.41, 5.74) is 1.02. The average Bonchev–Trinajstić information content (AvgIpc) is 2.99. The van der Waals surface area contributed by atoms with Crippen LogP contribution in [0.4, 0.5) is 0 Å². The zero-order valence-corrected chi connectivity index (χ0v) is 12.1. The van der Waals surface area contributed by atoms with Crippen molar-refractivity contribution in [1.29, 1.82) is 0 Å². The van der Waals surface area contributed by atoms with Crippen LogP contribution in [-0.2, 0) is 6.54 Å². The molecule has 0 aliphatic rings. The van der Waals surface area contributed by atoms with Gasteiger partial charge in [0.25, 0.3) is 0 Å². The van der Waals surface area contributed by atoms with Gasteiger partial charge in [-0.05, 0) is 48.0 Å². The summed E-state index contributed by atoms with van der Waals surface area (Å²) in [4.78, 5) is 0. The molecule has 2 heterocycles. The van der Waals surface area contributed by atoms with Crippen LogP contribution in [0.25, 0.3) is 0 Å². The van der Waals surface area contributed by atoms with Crippen molar-refractivity contribution >= 4 is 15.9 Å². The molecule has 1 N–H and O–H groups in total. The Morgan fingerprint density at radius 1 is 1.44 bits per heavy atom. The van der Waals surface area contributed by atoms with Gasteiger partial charge in [-0.25, -0.2) is 4.68 Å². The van der Waals surface area contributed by atoms with Crippen LogP contribution in [0.2, 0.25) is 0 Å². The zero-order chi connectivity index (χ0) is 13.0. The first kappa shape index (κ1) is 13.3. The van der Waals surface area contributed by atoms with E-state index in [2.05, 4.69) is 38.5 Å². The number of nitrogens with one attached hydrogen (secondary N) is 1. The Kier molecular flexibility index (Phi) is 4.54. The molecule has 0 saturated carbocycles. The molecule has 0 amide bonds. The number of aromatic nitrogens is 3. The fourth-order valence-electron chi connectivity index (χ4n) is 1.86. The van der Waals surface area contributed by atoms with Crippen LogP contribution >= 0.6 is 15.9 Å². The molecule has 2 aromatic rings. The fourth-order valence-corrected chi connectivity index (χ4v) is 2.18. The summed E-state index contributed by atoms with van der Waals surface area (Å²) in [5.74, 6) is 0.868. The second-order valence-corrected chi connectivity index (χ2v) is 4.79. The van der Waals surface area contributed by atoms with Crippen LogP contribution in [0.1, 0.15) is 37.8 Å². The Hall–Kier alpha value is -1.14. The van der Waals surface area contributed by atoms with Gasteiger partial charge >= 0.3 is 0 Å². The number of rotatable bonds is 6. The molecule has 2 rings (SSSR count). The lowest BCUT2D eigenvalue weighted by molar-refractivity contribution is 0.415. The first-order valence-electron chi connectivity index (χ1n) is 6.13. The molecule has 0 fully saturated rings. The third kappa shape index (κ3) is 2.81. The topological polar surface area (TPSA) is 55.9 Å². The van der Waals surface area contributed by atoms with Crippen LogP contribution in [0.3, 0.4) is 0 Å². The molecule has 0 radical (unpaired) electrons. The Morgan fingerprint density at radius 3 is 2.89 bits per heavy atom. The minimum Gasteiger partial charge on any atom is -0.452 e. The molecular formula is C12H17BrN4O. The number of furan rings is 1. The second kappa shape index (κ2) is 6.15. The van der Waals surface area contributed by atoms with Crippen LogP contribution in [0.15, 0.2) is 27.4 Å². The predicted molar refractivity (Wildman–Crippen MR) is 72.2 cm³/mol. The maximum atomic E-state index is 5.65. The zero-order valence-electron chi connectivity index (χ0n) is 10.6. The van der Waals surface area contributed by atoms with Gasteiger partial charge in [0.05, 0.1) is 11.9 Å². The Bertz CT molecular complexity index is 494. The van der Waals surface area contributed by atoms with Gasteiger partial charge in [-0.2, -0.15) is 0 Å². The normalized spacial score (nSPS) is 12.8. The summed E-state index contributed by atoms with van der Waals surface area (Å²) < 4.78 is 8.26. The summed E-state index contributed by atoms with van der Waals surface area (Å²) in [6, 6.07) is 3.85.